The van der Waals surface area contributed by atoms with E-state index < -0.39 is 0 Å². The summed E-state index contributed by atoms with van der Waals surface area (Å²) >= 11 is 0. The van der Waals surface area contributed by atoms with Crippen LogP contribution < -0.4 is 4.90 Å². The molecule has 322 valence electrons. The predicted octanol–water partition coefficient (Wildman–Crippen LogP) is 19.1. The molecule has 0 aliphatic heterocycles. The highest BCUT2D eigenvalue weighted by Gasteiger charge is 2.18. The molecule has 2 heterocycles. The van der Waals surface area contributed by atoms with Crippen molar-refractivity contribution >= 4 is 93.3 Å². The van der Waals surface area contributed by atoms with Gasteiger partial charge in [0.05, 0.1) is 0 Å². The van der Waals surface area contributed by atoms with Crippen LogP contribution in [0.5, 0.6) is 0 Å². The highest BCUT2D eigenvalue weighted by molar-refractivity contribution is 6.26. The van der Waals surface area contributed by atoms with Gasteiger partial charge in [0.1, 0.15) is 22.3 Å². The van der Waals surface area contributed by atoms with E-state index >= 15 is 0 Å². The third kappa shape index (κ3) is 6.43. The molecule has 0 bridgehead atoms. The van der Waals surface area contributed by atoms with E-state index in [0.717, 1.165) is 105 Å². The largest absolute Gasteiger partial charge is 0.455 e. The van der Waals surface area contributed by atoms with Crippen LogP contribution in [0, 0.1) is 0 Å². The minimum atomic E-state index is 0.909. The molecule has 0 N–H and O–H groups in total. The highest BCUT2D eigenvalue weighted by atomic mass is 16.3. The van der Waals surface area contributed by atoms with E-state index in [1.54, 1.807) is 0 Å². The lowest BCUT2D eigenvalue weighted by Gasteiger charge is -2.27. The van der Waals surface area contributed by atoms with Crippen LogP contribution in [0.3, 0.4) is 0 Å². The van der Waals surface area contributed by atoms with Crippen LogP contribution in [0.4, 0.5) is 17.1 Å². The summed E-state index contributed by atoms with van der Waals surface area (Å²) in [6.45, 7) is 0. The molecule has 69 heavy (non-hydrogen) atoms. The van der Waals surface area contributed by atoms with Gasteiger partial charge in [-0.2, -0.15) is 0 Å². The van der Waals surface area contributed by atoms with Crippen molar-refractivity contribution in [3.05, 3.63) is 249 Å². The average Bonchev–Trinajstić information content (AvgIpc) is 4.01. The number of anilines is 3. The first kappa shape index (κ1) is 39.0. The third-order valence-corrected chi connectivity index (χ3v) is 14.1. The topological polar surface area (TPSA) is 29.5 Å². The predicted molar refractivity (Wildman–Crippen MR) is 290 cm³/mol. The number of furan rings is 2. The number of rotatable bonds is 7. The number of hydrogen-bond acceptors (Lipinski definition) is 3. The zero-order valence-electron chi connectivity index (χ0n) is 37.4. The molecule has 0 saturated carbocycles. The minimum absolute atomic E-state index is 0.909. The third-order valence-electron chi connectivity index (χ3n) is 14.1. The van der Waals surface area contributed by atoms with Crippen LogP contribution in [0.2, 0.25) is 0 Å². The molecule has 0 radical (unpaired) electrons. The zero-order valence-corrected chi connectivity index (χ0v) is 37.4. The van der Waals surface area contributed by atoms with Crippen LogP contribution in [0.1, 0.15) is 0 Å². The first-order valence-corrected chi connectivity index (χ1v) is 23.6. The fourth-order valence-corrected chi connectivity index (χ4v) is 10.7. The maximum Gasteiger partial charge on any atom is 0.143 e. The molecule has 0 spiro atoms. The summed E-state index contributed by atoms with van der Waals surface area (Å²) in [4.78, 5) is 2.38. The van der Waals surface area contributed by atoms with Gasteiger partial charge < -0.3 is 13.7 Å². The van der Waals surface area contributed by atoms with Crippen molar-refractivity contribution in [3.8, 4) is 44.5 Å². The molecule has 3 heteroatoms. The van der Waals surface area contributed by atoms with Gasteiger partial charge in [-0.15, -0.1) is 0 Å². The summed E-state index contributed by atoms with van der Waals surface area (Å²) in [6, 6.07) is 89.5. The number of nitrogens with zero attached hydrogens (tertiary/aromatic N) is 1. The van der Waals surface area contributed by atoms with Crippen LogP contribution in [-0.2, 0) is 0 Å². The van der Waals surface area contributed by atoms with Gasteiger partial charge in [-0.05, 0) is 114 Å². The molecule has 14 rings (SSSR count). The maximum absolute atomic E-state index is 6.39. The Morgan fingerprint density at radius 2 is 0.536 bits per heavy atom. The summed E-state index contributed by atoms with van der Waals surface area (Å²) in [7, 11) is 0. The molecule has 0 fully saturated rings. The highest BCUT2D eigenvalue weighted by Crippen LogP contribution is 2.43. The number of hydrogen-bond donors (Lipinski definition) is 0. The summed E-state index contributed by atoms with van der Waals surface area (Å²) in [6.07, 6.45) is 0. The first-order valence-electron chi connectivity index (χ1n) is 23.6. The van der Waals surface area contributed by atoms with Gasteiger partial charge in [0.2, 0.25) is 0 Å². The second kappa shape index (κ2) is 15.7. The first-order chi connectivity index (χ1) is 34.2. The zero-order chi connectivity index (χ0) is 45.4. The van der Waals surface area contributed by atoms with E-state index in [1.807, 2.05) is 24.3 Å². The van der Waals surface area contributed by atoms with Crippen LogP contribution in [0.15, 0.2) is 258 Å². The normalized spacial score (nSPS) is 11.8. The van der Waals surface area contributed by atoms with Crippen molar-refractivity contribution in [1.82, 2.24) is 0 Å². The SMILES string of the molecule is c1ccc2c(c1)oc1c(-c3ccc(-c4ccc(N(c5ccc(-c6ccc(-c7cccc8c7oc7ccccc78)cc6)cc5)c5ccc6c7ccccc7c7ccccc7c6c5)cc4)cc3)cccc12. The molecule has 14 aromatic rings. The van der Waals surface area contributed by atoms with E-state index in [2.05, 4.69) is 229 Å². The number of para-hydroxylation sites is 4. The Morgan fingerprint density at radius 3 is 0.971 bits per heavy atom. The van der Waals surface area contributed by atoms with Gasteiger partial charge in [-0.1, -0.05) is 200 Å². The van der Waals surface area contributed by atoms with E-state index in [1.165, 1.54) is 32.3 Å². The maximum atomic E-state index is 6.39. The van der Waals surface area contributed by atoms with Gasteiger partial charge in [-0.3, -0.25) is 0 Å². The van der Waals surface area contributed by atoms with Gasteiger partial charge in [-0.25, -0.2) is 0 Å². The fraction of sp³-hybridized carbons (Fsp3) is 0. The van der Waals surface area contributed by atoms with Crippen molar-refractivity contribution < 1.29 is 8.83 Å². The molecular formula is C66H41NO2. The second-order valence-electron chi connectivity index (χ2n) is 18.0. The quantitative estimate of drug-likeness (QED) is 0.149. The Hall–Kier alpha value is -9.18. The van der Waals surface area contributed by atoms with Crippen molar-refractivity contribution in [2.75, 3.05) is 4.90 Å². The molecule has 3 nitrogen and oxygen atoms in total. The molecular weight excluding hydrogens is 839 g/mol. The Bertz CT molecular complexity index is 4040. The van der Waals surface area contributed by atoms with Crippen LogP contribution >= 0.6 is 0 Å². The van der Waals surface area contributed by atoms with Crippen LogP contribution in [-0.4, -0.2) is 0 Å². The van der Waals surface area contributed by atoms with E-state index in [9.17, 15) is 0 Å². The van der Waals surface area contributed by atoms with Crippen molar-refractivity contribution in [2.45, 2.75) is 0 Å². The van der Waals surface area contributed by atoms with Gasteiger partial charge in [0, 0.05) is 49.7 Å². The molecule has 0 saturated heterocycles. The number of benzene rings is 12. The molecule has 0 aliphatic carbocycles. The van der Waals surface area contributed by atoms with Gasteiger partial charge >= 0.3 is 0 Å². The second-order valence-corrected chi connectivity index (χ2v) is 18.0. The van der Waals surface area contributed by atoms with E-state index in [4.69, 9.17) is 8.83 Å². The Kier molecular flexibility index (Phi) is 8.90. The summed E-state index contributed by atoms with van der Waals surface area (Å²) in [5, 5.41) is 12.1. The van der Waals surface area contributed by atoms with E-state index in [0.29, 0.717) is 0 Å². The fourth-order valence-electron chi connectivity index (χ4n) is 10.7. The Morgan fingerprint density at radius 1 is 0.217 bits per heavy atom. The average molecular weight is 880 g/mol. The lowest BCUT2D eigenvalue weighted by Crippen LogP contribution is -2.10. The Balaban J connectivity index is 0.828. The van der Waals surface area contributed by atoms with Gasteiger partial charge in [0.25, 0.3) is 0 Å². The molecule has 0 atom stereocenters. The smallest absolute Gasteiger partial charge is 0.143 e. The molecule has 0 aliphatic rings. The number of fused-ring (bicyclic) bond motifs is 12. The molecule has 2 aromatic heterocycles. The standard InChI is InChI=1S/C66H41NO2/c1-2-13-55-53(11-1)54-12-3-4-14-56(54)62-41-50(39-40-57(55)62)67(48-35-31-44(32-36-48)42-23-27-46(28-24-42)51-17-9-19-60-58-15-5-7-21-63(58)68-65(51)60)49-37-33-45(34-38-49)43-25-29-47(30-26-43)52-18-10-20-61-59-16-6-8-22-64(59)69-66(52)61/h1-41H. The van der Waals surface area contributed by atoms with E-state index in [-0.39, 0.29) is 0 Å². The molecule has 0 unspecified atom stereocenters. The minimum Gasteiger partial charge on any atom is -0.455 e. The molecule has 12 aromatic carbocycles. The van der Waals surface area contributed by atoms with Crippen molar-refractivity contribution in [2.24, 2.45) is 0 Å². The van der Waals surface area contributed by atoms with Crippen molar-refractivity contribution in [1.29, 1.82) is 0 Å². The summed E-state index contributed by atoms with van der Waals surface area (Å²) in [5.74, 6) is 0. The monoisotopic (exact) mass is 879 g/mol. The summed E-state index contributed by atoms with van der Waals surface area (Å²) in [5.41, 5.74) is 16.0. The lowest BCUT2D eigenvalue weighted by atomic mass is 9.94. The van der Waals surface area contributed by atoms with Gasteiger partial charge in [0.15, 0.2) is 0 Å². The van der Waals surface area contributed by atoms with Crippen LogP contribution in [0.25, 0.3) is 121 Å². The molecule has 0 amide bonds. The van der Waals surface area contributed by atoms with Crippen molar-refractivity contribution in [3.63, 3.8) is 0 Å². The summed E-state index contributed by atoms with van der Waals surface area (Å²) < 4.78 is 12.8. The lowest BCUT2D eigenvalue weighted by molar-refractivity contribution is 0.669. The Labute approximate surface area is 398 Å².